The highest BCUT2D eigenvalue weighted by Crippen LogP contribution is 2.24. The largest absolute Gasteiger partial charge is 0.509 e. The number of aliphatic hydroxyl groups excluding tert-OH is 1. The van der Waals surface area contributed by atoms with Crippen molar-refractivity contribution < 1.29 is 14.6 Å². The van der Waals surface area contributed by atoms with Gasteiger partial charge in [-0.1, -0.05) is 60.2 Å². The van der Waals surface area contributed by atoms with E-state index < -0.39 is 12.0 Å². The van der Waals surface area contributed by atoms with Crippen LogP contribution < -0.4 is 5.32 Å². The lowest BCUT2D eigenvalue weighted by Gasteiger charge is -2.21. The second-order valence-corrected chi connectivity index (χ2v) is 6.32. The Bertz CT molecular complexity index is 884. The summed E-state index contributed by atoms with van der Waals surface area (Å²) in [5, 5.41) is 13.9. The average molecular weight is 362 g/mol. The van der Waals surface area contributed by atoms with Gasteiger partial charge in [0.15, 0.2) is 0 Å². The van der Waals surface area contributed by atoms with Crippen LogP contribution in [0.5, 0.6) is 0 Å². The zero-order valence-corrected chi connectivity index (χ0v) is 15.3. The Morgan fingerprint density at radius 3 is 2.56 bits per heavy atom. The third kappa shape index (κ3) is 4.44. The first-order chi connectivity index (χ1) is 13.1. The van der Waals surface area contributed by atoms with Crippen LogP contribution in [-0.2, 0) is 9.53 Å². The maximum atomic E-state index is 11.8. The Morgan fingerprint density at radius 2 is 1.89 bits per heavy atom. The number of carbonyl (C=O) groups is 1. The van der Waals surface area contributed by atoms with E-state index in [-0.39, 0.29) is 17.4 Å². The van der Waals surface area contributed by atoms with E-state index in [9.17, 15) is 9.90 Å². The molecule has 2 aromatic carbocycles. The lowest BCUT2D eigenvalue weighted by Crippen LogP contribution is -2.31. The number of esters is 1. The maximum Gasteiger partial charge on any atom is 0.342 e. The molecule has 0 radical (unpaired) electrons. The standard InChI is InChI=1S/C22H22N2O3/c1-15-8-11-17(12-9-15)24-19(13-10-16-6-4-3-5-7-16)20-21(25)18(14-23-20)22(26)27-2/h3-14,19-20,24-25H,1-2H3/b13-10+. The first kappa shape index (κ1) is 18.5. The molecular formula is C22H22N2O3. The van der Waals surface area contributed by atoms with E-state index in [1.807, 2.05) is 73.7 Å². The van der Waals surface area contributed by atoms with Crippen LogP contribution in [0.1, 0.15) is 11.1 Å². The second kappa shape index (κ2) is 8.36. The molecule has 0 aromatic heterocycles. The highest BCUT2D eigenvalue weighted by molar-refractivity contribution is 6.11. The van der Waals surface area contributed by atoms with E-state index in [1.165, 1.54) is 13.3 Å². The second-order valence-electron chi connectivity index (χ2n) is 6.32. The molecule has 2 unspecified atom stereocenters. The SMILES string of the molecule is COC(=O)C1=C(O)C(C(/C=C/c2ccccc2)Nc2ccc(C)cc2)N=C1. The van der Waals surface area contributed by atoms with Crippen molar-refractivity contribution >= 4 is 23.9 Å². The number of anilines is 1. The van der Waals surface area contributed by atoms with Crippen molar-refractivity contribution in [2.75, 3.05) is 12.4 Å². The highest BCUT2D eigenvalue weighted by Gasteiger charge is 2.31. The van der Waals surface area contributed by atoms with E-state index >= 15 is 0 Å². The molecule has 0 aliphatic carbocycles. The predicted molar refractivity (Wildman–Crippen MR) is 108 cm³/mol. The van der Waals surface area contributed by atoms with Crippen LogP contribution in [0.2, 0.25) is 0 Å². The summed E-state index contributed by atoms with van der Waals surface area (Å²) in [7, 11) is 1.28. The number of hydrogen-bond donors (Lipinski definition) is 2. The van der Waals surface area contributed by atoms with Crippen LogP contribution in [0.4, 0.5) is 5.69 Å². The quantitative estimate of drug-likeness (QED) is 0.764. The number of methoxy groups -OCH3 is 1. The molecule has 0 saturated carbocycles. The fraction of sp³-hybridized carbons (Fsp3) is 0.182. The van der Waals surface area contributed by atoms with Crippen molar-refractivity contribution in [2.45, 2.75) is 19.0 Å². The minimum atomic E-state index is -0.611. The average Bonchev–Trinajstić information content (AvgIpc) is 3.08. The lowest BCUT2D eigenvalue weighted by molar-refractivity contribution is -0.135. The van der Waals surface area contributed by atoms with Gasteiger partial charge in [0.05, 0.1) is 13.2 Å². The number of hydrogen-bond acceptors (Lipinski definition) is 5. The Kier molecular flexibility index (Phi) is 5.71. The third-order valence-corrected chi connectivity index (χ3v) is 4.35. The number of ether oxygens (including phenoxy) is 1. The molecule has 2 atom stereocenters. The van der Waals surface area contributed by atoms with Crippen molar-refractivity contribution in [1.82, 2.24) is 0 Å². The molecule has 0 amide bonds. The summed E-state index contributed by atoms with van der Waals surface area (Å²) < 4.78 is 4.71. The van der Waals surface area contributed by atoms with E-state index in [0.717, 1.165) is 16.8 Å². The summed E-state index contributed by atoms with van der Waals surface area (Å²) in [6.07, 6.45) is 5.27. The summed E-state index contributed by atoms with van der Waals surface area (Å²) in [6, 6.07) is 16.9. The van der Waals surface area contributed by atoms with E-state index in [4.69, 9.17) is 4.74 Å². The molecule has 1 heterocycles. The fourth-order valence-electron chi connectivity index (χ4n) is 2.83. The van der Waals surface area contributed by atoms with Crippen LogP contribution in [-0.4, -0.2) is 36.5 Å². The zero-order chi connectivity index (χ0) is 19.2. The molecule has 1 aliphatic heterocycles. The van der Waals surface area contributed by atoms with E-state index in [1.54, 1.807) is 0 Å². The highest BCUT2D eigenvalue weighted by atomic mass is 16.5. The van der Waals surface area contributed by atoms with Crippen molar-refractivity contribution in [3.8, 4) is 0 Å². The van der Waals surface area contributed by atoms with Gasteiger partial charge in [0, 0.05) is 11.9 Å². The topological polar surface area (TPSA) is 70.9 Å². The number of aryl methyl sites for hydroxylation is 1. The van der Waals surface area contributed by atoms with Gasteiger partial charge in [0.25, 0.3) is 0 Å². The molecule has 5 heteroatoms. The van der Waals surface area contributed by atoms with E-state index in [2.05, 4.69) is 10.3 Å². The molecule has 1 aliphatic rings. The van der Waals surface area contributed by atoms with Gasteiger partial charge in [0.2, 0.25) is 0 Å². The predicted octanol–water partition coefficient (Wildman–Crippen LogP) is 3.93. The first-order valence-corrected chi connectivity index (χ1v) is 8.69. The molecule has 5 nitrogen and oxygen atoms in total. The van der Waals surface area contributed by atoms with Gasteiger partial charge < -0.3 is 15.2 Å². The number of nitrogens with one attached hydrogen (secondary N) is 1. The van der Waals surface area contributed by atoms with Gasteiger partial charge in [-0.2, -0.15) is 0 Å². The minimum Gasteiger partial charge on any atom is -0.509 e. The molecular weight excluding hydrogens is 340 g/mol. The van der Waals surface area contributed by atoms with Gasteiger partial charge >= 0.3 is 5.97 Å². The van der Waals surface area contributed by atoms with Crippen LogP contribution in [0.25, 0.3) is 6.08 Å². The Labute approximate surface area is 158 Å². The number of aliphatic imine (C=N–C) groups is 1. The summed E-state index contributed by atoms with van der Waals surface area (Å²) >= 11 is 0. The van der Waals surface area contributed by atoms with Gasteiger partial charge in [-0.15, -0.1) is 0 Å². The maximum absolute atomic E-state index is 11.8. The van der Waals surface area contributed by atoms with Crippen molar-refractivity contribution in [3.05, 3.63) is 83.1 Å². The fourth-order valence-corrected chi connectivity index (χ4v) is 2.83. The first-order valence-electron chi connectivity index (χ1n) is 8.69. The van der Waals surface area contributed by atoms with Crippen molar-refractivity contribution in [1.29, 1.82) is 0 Å². The van der Waals surface area contributed by atoms with Gasteiger partial charge in [-0.05, 0) is 24.6 Å². The van der Waals surface area contributed by atoms with Crippen LogP contribution in [0.3, 0.4) is 0 Å². The monoisotopic (exact) mass is 362 g/mol. The molecule has 27 heavy (non-hydrogen) atoms. The van der Waals surface area contributed by atoms with Crippen LogP contribution in [0.15, 0.2) is 77.0 Å². The number of nitrogens with zero attached hydrogens (tertiary/aromatic N) is 1. The smallest absolute Gasteiger partial charge is 0.342 e. The molecule has 3 rings (SSSR count). The van der Waals surface area contributed by atoms with Crippen LogP contribution >= 0.6 is 0 Å². The van der Waals surface area contributed by atoms with Gasteiger partial charge in [0.1, 0.15) is 17.4 Å². The molecule has 0 spiro atoms. The summed E-state index contributed by atoms with van der Waals surface area (Å²) in [4.78, 5) is 16.1. The number of aliphatic hydroxyl groups is 1. The third-order valence-electron chi connectivity index (χ3n) is 4.35. The van der Waals surface area contributed by atoms with Crippen LogP contribution in [0, 0.1) is 6.92 Å². The normalized spacial score (nSPS) is 17.3. The lowest BCUT2D eigenvalue weighted by atomic mass is 10.0. The summed E-state index contributed by atoms with van der Waals surface area (Å²) in [5.74, 6) is -0.691. The number of rotatable bonds is 6. The molecule has 138 valence electrons. The Morgan fingerprint density at radius 1 is 1.19 bits per heavy atom. The van der Waals surface area contributed by atoms with Crippen molar-refractivity contribution in [2.24, 2.45) is 4.99 Å². The molecule has 2 N–H and O–H groups in total. The molecule has 0 saturated heterocycles. The molecule has 2 aromatic rings. The molecule has 0 bridgehead atoms. The van der Waals surface area contributed by atoms with Gasteiger partial charge in [-0.25, -0.2) is 4.79 Å². The zero-order valence-electron chi connectivity index (χ0n) is 15.3. The van der Waals surface area contributed by atoms with Gasteiger partial charge in [-0.3, -0.25) is 4.99 Å². The summed E-state index contributed by atoms with van der Waals surface area (Å²) in [5.41, 5.74) is 3.18. The number of carbonyl (C=O) groups excluding carboxylic acids is 1. The van der Waals surface area contributed by atoms with E-state index in [0.29, 0.717) is 0 Å². The van der Waals surface area contributed by atoms with Crippen molar-refractivity contribution in [3.63, 3.8) is 0 Å². The Hall–Kier alpha value is -3.34. The Balaban J connectivity index is 1.89. The minimum absolute atomic E-state index is 0.0892. The summed E-state index contributed by atoms with van der Waals surface area (Å²) in [6.45, 7) is 2.02. The molecule has 0 fully saturated rings. The number of benzene rings is 2.